The molecule has 12 heteroatoms. The molecule has 0 unspecified atom stereocenters. The summed E-state index contributed by atoms with van der Waals surface area (Å²) in [6.45, 7) is 9.27. The predicted octanol–water partition coefficient (Wildman–Crippen LogP) is 3.44. The van der Waals surface area contributed by atoms with E-state index in [-0.39, 0.29) is 12.0 Å². The molecule has 1 atom stereocenters. The van der Waals surface area contributed by atoms with Gasteiger partial charge >= 0.3 is 0 Å². The summed E-state index contributed by atoms with van der Waals surface area (Å²) in [5, 5.41) is 12.9. The number of aromatic nitrogens is 2. The van der Waals surface area contributed by atoms with Crippen LogP contribution in [0.2, 0.25) is 0 Å². The highest BCUT2D eigenvalue weighted by Gasteiger charge is 2.28. The van der Waals surface area contributed by atoms with E-state index in [1.54, 1.807) is 18.2 Å². The summed E-state index contributed by atoms with van der Waals surface area (Å²) >= 11 is 0. The summed E-state index contributed by atoms with van der Waals surface area (Å²) in [5.74, 6) is 1.67. The molecule has 3 saturated heterocycles. The predicted molar refractivity (Wildman–Crippen MR) is 184 cm³/mol. The standard InChI is InChI=1S/C35H48N8O4/c1-24(44)34(45)43-16-11-28(12-17-43)47-32-7-4-25(22-29(32)36)30-8-13-37-35(39-30)38-26-5-6-31(33(23-26)46-3)42-14-9-27(10-15-42)41-20-18-40(2)19-21-41/h4-8,13,22-24,27-28,44H,9-12,14-21,36H2,1-3H3,(H,37,38,39)/t24-/m0/s1. The van der Waals surface area contributed by atoms with Crippen LogP contribution in [0.4, 0.5) is 23.0 Å². The number of nitrogens with zero attached hydrogens (tertiary/aromatic N) is 6. The van der Waals surface area contributed by atoms with E-state index in [0.717, 1.165) is 67.4 Å². The third kappa shape index (κ3) is 7.89. The van der Waals surface area contributed by atoms with E-state index in [9.17, 15) is 9.90 Å². The number of likely N-dealkylation sites (N-methyl/N-ethyl adjacent to an activating group) is 1. The normalized spacial score (nSPS) is 19.4. The van der Waals surface area contributed by atoms with Crippen LogP contribution in [0.25, 0.3) is 11.3 Å². The van der Waals surface area contributed by atoms with Crippen molar-refractivity contribution >= 4 is 28.9 Å². The highest BCUT2D eigenvalue weighted by Crippen LogP contribution is 2.35. The van der Waals surface area contributed by atoms with Crippen LogP contribution in [-0.4, -0.2) is 120 Å². The average Bonchev–Trinajstić information content (AvgIpc) is 3.09. The number of nitrogen functional groups attached to an aromatic ring is 1. The second-order valence-electron chi connectivity index (χ2n) is 12.9. The van der Waals surface area contributed by atoms with Gasteiger partial charge in [0.2, 0.25) is 5.95 Å². The first kappa shape index (κ1) is 32.8. The maximum Gasteiger partial charge on any atom is 0.251 e. The minimum atomic E-state index is -0.984. The zero-order valence-electron chi connectivity index (χ0n) is 27.8. The van der Waals surface area contributed by atoms with Crippen molar-refractivity contribution in [2.75, 3.05) is 82.5 Å². The SMILES string of the molecule is COc1cc(Nc2nccc(-c3ccc(OC4CCN(C(=O)[C@H](C)O)CC4)c(N)c3)n2)ccc1N1CCC(N2CCN(C)CC2)CC1. The van der Waals surface area contributed by atoms with Crippen molar-refractivity contribution in [3.05, 3.63) is 48.7 Å². The van der Waals surface area contributed by atoms with Crippen LogP contribution >= 0.6 is 0 Å². The summed E-state index contributed by atoms with van der Waals surface area (Å²) in [7, 11) is 3.93. The van der Waals surface area contributed by atoms with Gasteiger partial charge in [0.1, 0.15) is 23.7 Å². The van der Waals surface area contributed by atoms with Crippen molar-refractivity contribution in [3.63, 3.8) is 0 Å². The highest BCUT2D eigenvalue weighted by molar-refractivity contribution is 5.80. The Morgan fingerprint density at radius 2 is 1.70 bits per heavy atom. The maximum atomic E-state index is 12.1. The fourth-order valence-electron chi connectivity index (χ4n) is 6.84. The van der Waals surface area contributed by atoms with Crippen LogP contribution in [0, 0.1) is 0 Å². The molecule has 4 heterocycles. The number of aliphatic hydroxyl groups is 1. The van der Waals surface area contributed by atoms with Crippen LogP contribution in [0.5, 0.6) is 11.5 Å². The van der Waals surface area contributed by atoms with Crippen LogP contribution in [0.15, 0.2) is 48.7 Å². The van der Waals surface area contributed by atoms with Crippen molar-refractivity contribution in [1.29, 1.82) is 0 Å². The van der Waals surface area contributed by atoms with E-state index in [4.69, 9.17) is 20.2 Å². The topological polar surface area (TPSA) is 133 Å². The van der Waals surface area contributed by atoms with Gasteiger partial charge in [-0.05, 0) is 63.2 Å². The molecule has 4 N–H and O–H groups in total. The van der Waals surface area contributed by atoms with Crippen LogP contribution in [-0.2, 0) is 4.79 Å². The summed E-state index contributed by atoms with van der Waals surface area (Å²) in [6, 6.07) is 14.4. The number of carbonyl (C=O) groups is 1. The van der Waals surface area contributed by atoms with Crippen LogP contribution in [0.1, 0.15) is 32.6 Å². The third-order valence-electron chi connectivity index (χ3n) is 9.66. The number of benzene rings is 2. The lowest BCUT2D eigenvalue weighted by Crippen LogP contribution is -2.52. The van der Waals surface area contributed by atoms with Crippen molar-refractivity contribution in [1.82, 2.24) is 24.7 Å². The van der Waals surface area contributed by atoms with Gasteiger partial charge in [0.05, 0.1) is 24.2 Å². The molecule has 6 rings (SSSR count). The van der Waals surface area contributed by atoms with Gasteiger partial charge in [0.15, 0.2) is 0 Å². The number of piperazine rings is 1. The number of methoxy groups -OCH3 is 1. The molecule has 3 aromatic rings. The first-order chi connectivity index (χ1) is 22.8. The molecule has 0 saturated carbocycles. The molecule has 3 aliphatic heterocycles. The smallest absolute Gasteiger partial charge is 0.251 e. The molecule has 12 nitrogen and oxygen atoms in total. The van der Waals surface area contributed by atoms with Gasteiger partial charge in [-0.3, -0.25) is 9.69 Å². The molecule has 252 valence electrons. The summed E-state index contributed by atoms with van der Waals surface area (Å²) in [6.07, 6.45) is 4.39. The Labute approximate surface area is 277 Å². The van der Waals surface area contributed by atoms with Crippen molar-refractivity contribution in [2.45, 2.75) is 50.9 Å². The number of ether oxygens (including phenoxy) is 2. The molecule has 47 heavy (non-hydrogen) atoms. The van der Waals surface area contributed by atoms with Gasteiger partial charge in [-0.25, -0.2) is 9.97 Å². The number of rotatable bonds is 9. The van der Waals surface area contributed by atoms with Crippen molar-refractivity contribution < 1.29 is 19.4 Å². The van der Waals surface area contributed by atoms with Gasteiger partial charge in [0.25, 0.3) is 5.91 Å². The number of carbonyl (C=O) groups excluding carboxylic acids is 1. The number of nitrogens with one attached hydrogen (secondary N) is 1. The molecule has 0 aliphatic carbocycles. The second-order valence-corrected chi connectivity index (χ2v) is 12.9. The van der Waals surface area contributed by atoms with E-state index >= 15 is 0 Å². The number of nitrogens with two attached hydrogens (primary N) is 1. The Kier molecular flexibility index (Phi) is 10.3. The largest absolute Gasteiger partial charge is 0.495 e. The van der Waals surface area contributed by atoms with Gasteiger partial charge in [-0.15, -0.1) is 0 Å². The summed E-state index contributed by atoms with van der Waals surface area (Å²) in [4.78, 5) is 30.5. The Bertz CT molecular complexity index is 1510. The Balaban J connectivity index is 1.06. The molecule has 1 aromatic heterocycles. The molecule has 3 fully saturated rings. The number of amides is 1. The lowest BCUT2D eigenvalue weighted by atomic mass is 10.0. The number of hydrogen-bond acceptors (Lipinski definition) is 11. The Hall–Kier alpha value is -4.13. The molecule has 2 aromatic carbocycles. The zero-order valence-corrected chi connectivity index (χ0v) is 27.8. The van der Waals surface area contributed by atoms with Crippen LogP contribution in [0.3, 0.4) is 0 Å². The van der Waals surface area contributed by atoms with Gasteiger partial charge in [0, 0.05) is 94.8 Å². The number of piperidine rings is 2. The van der Waals surface area contributed by atoms with E-state index in [0.29, 0.717) is 49.4 Å². The second kappa shape index (κ2) is 14.7. The lowest BCUT2D eigenvalue weighted by Gasteiger charge is -2.42. The third-order valence-corrected chi connectivity index (χ3v) is 9.66. The fourth-order valence-corrected chi connectivity index (χ4v) is 6.84. The van der Waals surface area contributed by atoms with Crippen molar-refractivity contribution in [3.8, 4) is 22.8 Å². The molecule has 1 amide bonds. The molecule has 3 aliphatic rings. The first-order valence-electron chi connectivity index (χ1n) is 16.8. The monoisotopic (exact) mass is 644 g/mol. The molecular weight excluding hydrogens is 596 g/mol. The number of aliphatic hydroxyl groups excluding tert-OH is 1. The molecule has 0 spiro atoms. The number of hydrogen-bond donors (Lipinski definition) is 3. The zero-order chi connectivity index (χ0) is 32.9. The Morgan fingerprint density at radius 1 is 0.957 bits per heavy atom. The average molecular weight is 645 g/mol. The maximum absolute atomic E-state index is 12.1. The van der Waals surface area contributed by atoms with E-state index in [2.05, 4.69) is 44.2 Å². The lowest BCUT2D eigenvalue weighted by molar-refractivity contribution is -0.141. The Morgan fingerprint density at radius 3 is 2.38 bits per heavy atom. The first-order valence-corrected chi connectivity index (χ1v) is 16.8. The minimum Gasteiger partial charge on any atom is -0.495 e. The van der Waals surface area contributed by atoms with E-state index < -0.39 is 6.10 Å². The van der Waals surface area contributed by atoms with E-state index in [1.807, 2.05) is 30.3 Å². The van der Waals surface area contributed by atoms with Crippen molar-refractivity contribution in [2.24, 2.45) is 0 Å². The molecule has 0 bridgehead atoms. The van der Waals surface area contributed by atoms with Crippen LogP contribution < -0.4 is 25.4 Å². The molecule has 0 radical (unpaired) electrons. The quantitative estimate of drug-likeness (QED) is 0.296. The minimum absolute atomic E-state index is 0.0478. The van der Waals surface area contributed by atoms with Gasteiger partial charge < -0.3 is 40.3 Å². The number of anilines is 4. The summed E-state index contributed by atoms with van der Waals surface area (Å²) in [5.41, 5.74) is 10.5. The van der Waals surface area contributed by atoms with E-state index in [1.165, 1.54) is 20.0 Å². The highest BCUT2D eigenvalue weighted by atomic mass is 16.5. The van der Waals surface area contributed by atoms with Gasteiger partial charge in [-0.1, -0.05) is 0 Å². The summed E-state index contributed by atoms with van der Waals surface area (Å²) < 4.78 is 12.0. The molecular formula is C35H48N8O4. The van der Waals surface area contributed by atoms with Gasteiger partial charge in [-0.2, -0.15) is 0 Å². The fraction of sp³-hybridized carbons (Fsp3) is 0.514. The number of likely N-dealkylation sites (tertiary alicyclic amines) is 1.